The van der Waals surface area contributed by atoms with E-state index in [1.807, 2.05) is 0 Å². The summed E-state index contributed by atoms with van der Waals surface area (Å²) in [5.41, 5.74) is -0.718. The van der Waals surface area contributed by atoms with Gasteiger partial charge in [0.1, 0.15) is 0 Å². The predicted octanol–water partition coefficient (Wildman–Crippen LogP) is 5.31. The molecule has 0 bridgehead atoms. The number of hydrogen-bond acceptors (Lipinski definition) is 4. The Hall–Kier alpha value is -2.58. The van der Waals surface area contributed by atoms with Gasteiger partial charge in [-0.2, -0.15) is 13.2 Å². The second-order valence-corrected chi connectivity index (χ2v) is 5.98. The highest BCUT2D eigenvalue weighted by atomic mass is 35.5. The number of nitrogens with zero attached hydrogens (tertiary/aromatic N) is 2. The standard InChI is InChI=1S/C16H8Cl2F3N3O2/c17-11-5-9(6-12(18)7-11)14-23-24-15(26-14)22-13(25)8-2-1-3-10(4-8)16(19,20)21/h1-7H,(H,22,24,25). The van der Waals surface area contributed by atoms with Crippen molar-refractivity contribution in [1.82, 2.24) is 10.2 Å². The van der Waals surface area contributed by atoms with Gasteiger partial charge in [0, 0.05) is 21.2 Å². The van der Waals surface area contributed by atoms with Crippen LogP contribution in [0.3, 0.4) is 0 Å². The van der Waals surface area contributed by atoms with Crippen molar-refractivity contribution in [3.05, 3.63) is 63.6 Å². The van der Waals surface area contributed by atoms with Crippen LogP contribution in [0.2, 0.25) is 10.0 Å². The summed E-state index contributed by atoms with van der Waals surface area (Å²) >= 11 is 11.8. The fraction of sp³-hybridized carbons (Fsp3) is 0.0625. The minimum atomic E-state index is -4.56. The Morgan fingerprint density at radius 2 is 1.73 bits per heavy atom. The summed E-state index contributed by atoms with van der Waals surface area (Å²) in [5.74, 6) is -0.788. The minimum Gasteiger partial charge on any atom is -0.403 e. The maximum Gasteiger partial charge on any atom is 0.416 e. The molecule has 0 aliphatic heterocycles. The molecule has 3 rings (SSSR count). The van der Waals surface area contributed by atoms with Crippen LogP contribution < -0.4 is 5.32 Å². The van der Waals surface area contributed by atoms with Gasteiger partial charge in [0.2, 0.25) is 5.89 Å². The number of hydrogen-bond donors (Lipinski definition) is 1. The molecule has 0 aliphatic carbocycles. The Morgan fingerprint density at radius 1 is 1.04 bits per heavy atom. The molecule has 0 atom stereocenters. The van der Waals surface area contributed by atoms with E-state index in [-0.39, 0.29) is 17.5 Å². The smallest absolute Gasteiger partial charge is 0.403 e. The Bertz CT molecular complexity index is 953. The lowest BCUT2D eigenvalue weighted by molar-refractivity contribution is -0.137. The van der Waals surface area contributed by atoms with Gasteiger partial charge in [-0.15, -0.1) is 5.10 Å². The normalized spacial score (nSPS) is 11.4. The van der Waals surface area contributed by atoms with Crippen molar-refractivity contribution in [3.8, 4) is 11.5 Å². The fourth-order valence-corrected chi connectivity index (χ4v) is 2.60. The van der Waals surface area contributed by atoms with Crippen LogP contribution in [-0.2, 0) is 6.18 Å². The Morgan fingerprint density at radius 3 is 2.38 bits per heavy atom. The lowest BCUT2D eigenvalue weighted by Gasteiger charge is -2.07. The van der Waals surface area contributed by atoms with E-state index < -0.39 is 17.6 Å². The SMILES string of the molecule is O=C(Nc1nnc(-c2cc(Cl)cc(Cl)c2)o1)c1cccc(C(F)(F)F)c1. The molecule has 1 N–H and O–H groups in total. The highest BCUT2D eigenvalue weighted by Crippen LogP contribution is 2.30. The van der Waals surface area contributed by atoms with Crippen molar-refractivity contribution < 1.29 is 22.4 Å². The van der Waals surface area contributed by atoms with Crippen molar-refractivity contribution in [3.63, 3.8) is 0 Å². The second kappa shape index (κ2) is 6.97. The average Bonchev–Trinajstić information content (AvgIpc) is 3.02. The van der Waals surface area contributed by atoms with Crippen LogP contribution >= 0.6 is 23.2 Å². The van der Waals surface area contributed by atoms with Crippen molar-refractivity contribution in [2.45, 2.75) is 6.18 Å². The first-order valence-corrected chi connectivity index (χ1v) is 7.76. The Kier molecular flexibility index (Phi) is 4.88. The summed E-state index contributed by atoms with van der Waals surface area (Å²) in [4.78, 5) is 12.1. The van der Waals surface area contributed by atoms with Crippen LogP contribution in [0.15, 0.2) is 46.9 Å². The summed E-state index contributed by atoms with van der Waals surface area (Å²) < 4.78 is 43.4. The third-order valence-corrected chi connectivity index (χ3v) is 3.64. The lowest BCUT2D eigenvalue weighted by Crippen LogP contribution is -2.14. The summed E-state index contributed by atoms with van der Waals surface area (Å²) in [6.07, 6.45) is -4.56. The molecule has 0 fully saturated rings. The molecule has 0 radical (unpaired) electrons. The number of amides is 1. The quantitative estimate of drug-likeness (QED) is 0.645. The molecule has 1 aromatic heterocycles. The number of benzene rings is 2. The molecule has 26 heavy (non-hydrogen) atoms. The number of aromatic nitrogens is 2. The zero-order valence-corrected chi connectivity index (χ0v) is 14.2. The van der Waals surface area contributed by atoms with Crippen molar-refractivity contribution >= 4 is 35.1 Å². The van der Waals surface area contributed by atoms with E-state index in [1.165, 1.54) is 24.3 Å². The van der Waals surface area contributed by atoms with Gasteiger partial charge in [0.05, 0.1) is 5.56 Å². The number of carbonyl (C=O) groups excluding carboxylic acids is 1. The van der Waals surface area contributed by atoms with Crippen LogP contribution in [0, 0.1) is 0 Å². The molecule has 10 heteroatoms. The number of halogens is 5. The van der Waals surface area contributed by atoms with Crippen LogP contribution in [0.25, 0.3) is 11.5 Å². The van der Waals surface area contributed by atoms with Gasteiger partial charge < -0.3 is 4.42 Å². The van der Waals surface area contributed by atoms with Crippen LogP contribution in [-0.4, -0.2) is 16.1 Å². The largest absolute Gasteiger partial charge is 0.416 e. The Balaban J connectivity index is 1.80. The lowest BCUT2D eigenvalue weighted by atomic mass is 10.1. The summed E-state index contributed by atoms with van der Waals surface area (Å²) in [6.45, 7) is 0. The van der Waals surface area contributed by atoms with E-state index in [1.54, 1.807) is 0 Å². The maximum atomic E-state index is 12.7. The molecule has 134 valence electrons. The fourth-order valence-electron chi connectivity index (χ4n) is 2.07. The average molecular weight is 402 g/mol. The van der Waals surface area contributed by atoms with Gasteiger partial charge in [-0.3, -0.25) is 10.1 Å². The van der Waals surface area contributed by atoms with Gasteiger partial charge in [-0.25, -0.2) is 0 Å². The van der Waals surface area contributed by atoms with E-state index in [0.29, 0.717) is 15.6 Å². The summed E-state index contributed by atoms with van der Waals surface area (Å²) in [7, 11) is 0. The summed E-state index contributed by atoms with van der Waals surface area (Å²) in [5, 5.41) is 10.3. The number of nitrogens with one attached hydrogen (secondary N) is 1. The molecule has 3 aromatic rings. The predicted molar refractivity (Wildman–Crippen MR) is 89.2 cm³/mol. The maximum absolute atomic E-state index is 12.7. The molecule has 0 aliphatic rings. The second-order valence-electron chi connectivity index (χ2n) is 5.10. The highest BCUT2D eigenvalue weighted by molar-refractivity contribution is 6.35. The molecule has 5 nitrogen and oxygen atoms in total. The van der Waals surface area contributed by atoms with E-state index in [0.717, 1.165) is 18.2 Å². The van der Waals surface area contributed by atoms with E-state index >= 15 is 0 Å². The number of alkyl halides is 3. The zero-order valence-electron chi connectivity index (χ0n) is 12.6. The number of carbonyl (C=O) groups is 1. The molecule has 0 saturated carbocycles. The molecule has 0 spiro atoms. The van der Waals surface area contributed by atoms with Crippen LogP contribution in [0.4, 0.5) is 19.2 Å². The number of anilines is 1. The van der Waals surface area contributed by atoms with E-state index in [4.69, 9.17) is 27.6 Å². The monoisotopic (exact) mass is 401 g/mol. The van der Waals surface area contributed by atoms with Crippen LogP contribution in [0.5, 0.6) is 0 Å². The van der Waals surface area contributed by atoms with E-state index in [9.17, 15) is 18.0 Å². The molecule has 1 heterocycles. The van der Waals surface area contributed by atoms with E-state index in [2.05, 4.69) is 15.5 Å². The number of rotatable bonds is 3. The van der Waals surface area contributed by atoms with Gasteiger partial charge in [-0.05, 0) is 36.4 Å². The molecule has 0 saturated heterocycles. The van der Waals surface area contributed by atoms with Crippen molar-refractivity contribution in [1.29, 1.82) is 0 Å². The van der Waals surface area contributed by atoms with Crippen molar-refractivity contribution in [2.24, 2.45) is 0 Å². The first-order chi connectivity index (χ1) is 12.2. The first kappa shape index (κ1) is 18.2. The van der Waals surface area contributed by atoms with Gasteiger partial charge >= 0.3 is 12.2 Å². The van der Waals surface area contributed by atoms with Gasteiger partial charge in [-0.1, -0.05) is 34.4 Å². The highest BCUT2D eigenvalue weighted by Gasteiger charge is 2.31. The van der Waals surface area contributed by atoms with Crippen molar-refractivity contribution in [2.75, 3.05) is 5.32 Å². The molecular weight excluding hydrogens is 394 g/mol. The minimum absolute atomic E-state index is 0.0359. The molecular formula is C16H8Cl2F3N3O2. The molecule has 0 unspecified atom stereocenters. The Labute approximate surface area is 154 Å². The molecule has 1 amide bonds. The molecule has 2 aromatic carbocycles. The topological polar surface area (TPSA) is 68.0 Å². The van der Waals surface area contributed by atoms with Gasteiger partial charge in [0.15, 0.2) is 0 Å². The first-order valence-electron chi connectivity index (χ1n) is 7.01. The summed E-state index contributed by atoms with van der Waals surface area (Å²) in [6, 6.07) is 8.24. The van der Waals surface area contributed by atoms with Crippen LogP contribution in [0.1, 0.15) is 15.9 Å². The third-order valence-electron chi connectivity index (χ3n) is 3.21. The van der Waals surface area contributed by atoms with Gasteiger partial charge in [0.25, 0.3) is 5.91 Å². The third kappa shape index (κ3) is 4.14. The zero-order chi connectivity index (χ0) is 18.9.